The lowest BCUT2D eigenvalue weighted by Gasteiger charge is -2.32. The van der Waals surface area contributed by atoms with Crippen LogP contribution in [0.15, 0.2) is 47.8 Å². The number of amides is 2. The molecule has 16 heteroatoms. The molecule has 4 aliphatic heterocycles. The van der Waals surface area contributed by atoms with Crippen molar-refractivity contribution in [1.29, 1.82) is 0 Å². The summed E-state index contributed by atoms with van der Waals surface area (Å²) in [7, 11) is -0.664. The Balaban J connectivity index is 0.000000348. The van der Waals surface area contributed by atoms with Crippen LogP contribution in [-0.4, -0.2) is 81.3 Å². The highest BCUT2D eigenvalue weighted by Gasteiger charge is 2.55. The third-order valence-corrected chi connectivity index (χ3v) is 22.3. The number of thiazole rings is 2. The molecule has 2 atom stereocenters. The summed E-state index contributed by atoms with van der Waals surface area (Å²) in [5.74, 6) is 0.688. The first kappa shape index (κ1) is 66.6. The van der Waals surface area contributed by atoms with Crippen molar-refractivity contribution in [2.75, 3.05) is 13.1 Å². The van der Waals surface area contributed by atoms with E-state index in [9.17, 15) is 0 Å². The zero-order valence-electron chi connectivity index (χ0n) is 53.0. The van der Waals surface area contributed by atoms with E-state index in [-0.39, 0.29) is 48.5 Å². The Labute approximate surface area is 512 Å². The largest absolute Gasteiger partial charge is 0.505 e. The van der Waals surface area contributed by atoms with E-state index in [0.29, 0.717) is 36.1 Å². The van der Waals surface area contributed by atoms with Crippen molar-refractivity contribution in [2.45, 2.75) is 273 Å². The molecule has 0 N–H and O–H groups in total. The van der Waals surface area contributed by atoms with E-state index in [2.05, 4.69) is 109 Å². The molecular weight excluding hydrogens is 1090 g/mol. The van der Waals surface area contributed by atoms with E-state index in [1.165, 1.54) is 138 Å². The van der Waals surface area contributed by atoms with E-state index in [1.807, 2.05) is 34.3 Å². The van der Waals surface area contributed by atoms with Gasteiger partial charge in [-0.1, -0.05) is 168 Å². The van der Waals surface area contributed by atoms with Crippen LogP contribution in [0.2, 0.25) is 0 Å². The first-order chi connectivity index (χ1) is 39.1. The number of unbranched alkanes of at least 4 members (excludes halogenated alkanes) is 16. The summed E-state index contributed by atoms with van der Waals surface area (Å²) in [5.41, 5.74) is 1.31. The maximum Gasteiger partial charge on any atom is 0.505 e. The number of carbonyl (C=O) groups excluding carboxylic acids is 2. The second kappa shape index (κ2) is 30.6. The van der Waals surface area contributed by atoms with E-state index < -0.39 is 0 Å². The highest BCUT2D eigenvalue weighted by atomic mass is 32.1. The first-order valence-electron chi connectivity index (χ1n) is 32.0. The van der Waals surface area contributed by atoms with Crippen molar-refractivity contribution in [1.82, 2.24) is 19.8 Å². The zero-order chi connectivity index (χ0) is 59.2. The second-order valence-electron chi connectivity index (χ2n) is 26.0. The van der Waals surface area contributed by atoms with E-state index >= 15 is 9.59 Å². The van der Waals surface area contributed by atoms with Gasteiger partial charge in [0.2, 0.25) is 0 Å². The van der Waals surface area contributed by atoms with Gasteiger partial charge in [0, 0.05) is 49.7 Å². The van der Waals surface area contributed by atoms with Gasteiger partial charge in [-0.15, -0.1) is 34.0 Å². The third kappa shape index (κ3) is 16.8. The van der Waals surface area contributed by atoms with Gasteiger partial charge in [0.1, 0.15) is 10.0 Å². The average Bonchev–Trinajstić information content (AvgIpc) is 4.44. The molecule has 0 spiro atoms. The fourth-order valence-corrected chi connectivity index (χ4v) is 15.2. The van der Waals surface area contributed by atoms with Crippen LogP contribution in [0.1, 0.15) is 257 Å². The van der Waals surface area contributed by atoms with Crippen LogP contribution in [0, 0.1) is 25.7 Å². The van der Waals surface area contributed by atoms with E-state index in [0.717, 1.165) is 66.4 Å². The van der Waals surface area contributed by atoms with Gasteiger partial charge >= 0.3 is 14.2 Å². The minimum atomic E-state index is -0.332. The van der Waals surface area contributed by atoms with Gasteiger partial charge in [0.25, 0.3) is 11.8 Å². The molecule has 10 nitrogen and oxygen atoms in total. The predicted octanol–water partition coefficient (Wildman–Crippen LogP) is 17.8. The summed E-state index contributed by atoms with van der Waals surface area (Å²) in [6, 6.07) is 8.42. The van der Waals surface area contributed by atoms with Gasteiger partial charge in [-0.05, 0) is 119 Å². The van der Waals surface area contributed by atoms with Crippen LogP contribution >= 0.6 is 45.3 Å². The van der Waals surface area contributed by atoms with Gasteiger partial charge in [-0.2, -0.15) is 11.3 Å². The molecular formula is C66H102B2N4O6S4. The van der Waals surface area contributed by atoms with E-state index in [1.54, 1.807) is 45.3 Å². The van der Waals surface area contributed by atoms with Crippen LogP contribution in [0.25, 0.3) is 21.1 Å². The molecule has 0 saturated carbocycles. The number of rotatable bonds is 33. The Kier molecular flexibility index (Phi) is 24.8. The topological polar surface area (TPSA) is 103 Å². The molecule has 0 aromatic carbocycles. The molecule has 8 heterocycles. The van der Waals surface area contributed by atoms with Gasteiger partial charge in [0.15, 0.2) is 0 Å². The van der Waals surface area contributed by atoms with Crippen molar-refractivity contribution in [3.05, 3.63) is 67.6 Å². The summed E-state index contributed by atoms with van der Waals surface area (Å²) in [6.45, 7) is 31.1. The minimum absolute atomic E-state index is 0.0330. The van der Waals surface area contributed by atoms with Crippen LogP contribution in [0.3, 0.4) is 0 Å². The molecule has 82 heavy (non-hydrogen) atoms. The number of aromatic nitrogens is 2. The van der Waals surface area contributed by atoms with Gasteiger partial charge in [-0.3, -0.25) is 9.59 Å². The third-order valence-electron chi connectivity index (χ3n) is 18.1. The fraction of sp³-hybridized carbons (Fsp3) is 0.697. The van der Waals surface area contributed by atoms with Crippen molar-refractivity contribution < 1.29 is 28.2 Å². The quantitative estimate of drug-likeness (QED) is 0.0343. The summed E-state index contributed by atoms with van der Waals surface area (Å²) in [6.07, 6.45) is 33.2. The van der Waals surface area contributed by atoms with Crippen LogP contribution in [0.5, 0.6) is 0 Å². The Morgan fingerprint density at radius 3 is 1.17 bits per heavy atom. The molecule has 4 aromatic heterocycles. The van der Waals surface area contributed by atoms with Crippen molar-refractivity contribution in [2.24, 2.45) is 11.8 Å². The van der Waals surface area contributed by atoms with Crippen LogP contribution < -0.4 is 9.55 Å². The number of hydrogen-bond donors (Lipinski definition) is 0. The minimum Gasteiger partial charge on any atom is -0.399 e. The number of carbonyl (C=O) groups is 2. The summed E-state index contributed by atoms with van der Waals surface area (Å²) in [4.78, 5) is 49.2. The Morgan fingerprint density at radius 1 is 0.439 bits per heavy atom. The summed E-state index contributed by atoms with van der Waals surface area (Å²) in [5, 5.41) is 1.57. The highest BCUT2D eigenvalue weighted by molar-refractivity contribution is 7.30. The standard InChI is InChI=1S/C50H76N4O2S3.C16H26B2O4S/c1-7-11-15-19-21-25-29-39(27-23-17-13-9-3)35-53-45(47-51-33-38(6)58-47)43-44(50(53)56)46(48-52-34-42(59-48)41-32-31-37(5)57-41)54(49(43)55)36-40(28-24-18-14-10-4)30-26-22-20-16-12-8-2;1-13(2)14(3,4)20-17(19-13)11-9-10-12(23-11)18-21-15(5,6)16(7,8)22-18/h31-34,39-40H,7-30,35-36H2,1-6H3;9-10H,1-8H3. The van der Waals surface area contributed by atoms with Gasteiger partial charge < -0.3 is 28.4 Å². The lowest BCUT2D eigenvalue weighted by Crippen LogP contribution is -2.41. The predicted molar refractivity (Wildman–Crippen MR) is 351 cm³/mol. The summed E-state index contributed by atoms with van der Waals surface area (Å²) >= 11 is 6.63. The number of aryl methyl sites for hydroxylation is 2. The molecule has 8 rings (SSSR count). The van der Waals surface area contributed by atoms with Gasteiger partial charge in [-0.25, -0.2) is 9.97 Å². The van der Waals surface area contributed by atoms with Crippen molar-refractivity contribution in [3.8, 4) is 9.75 Å². The number of nitrogens with zero attached hydrogens (tertiary/aromatic N) is 4. The summed E-state index contributed by atoms with van der Waals surface area (Å²) < 4.78 is 26.6. The molecule has 0 aliphatic carbocycles. The molecule has 2 amide bonds. The second-order valence-corrected chi connectivity index (χ2v) is 30.7. The van der Waals surface area contributed by atoms with Crippen LogP contribution in [-0.2, 0) is 28.2 Å². The van der Waals surface area contributed by atoms with E-state index in [4.69, 9.17) is 28.6 Å². The molecule has 2 saturated heterocycles. The maximum atomic E-state index is 15.3. The lowest BCUT2D eigenvalue weighted by molar-refractivity contribution is -0.124. The van der Waals surface area contributed by atoms with Gasteiger partial charge in [0.05, 0.1) is 49.8 Å². The maximum absolute atomic E-state index is 15.3. The Bertz CT molecular complexity index is 2650. The molecule has 0 radical (unpaired) electrons. The molecule has 0 bridgehead atoms. The molecule has 4 aromatic rings. The number of hydrogen-bond acceptors (Lipinski definition) is 12. The van der Waals surface area contributed by atoms with Crippen molar-refractivity contribution >= 4 is 92.3 Å². The monoisotopic (exact) mass is 1200 g/mol. The fourth-order valence-electron chi connectivity index (χ4n) is 11.6. The lowest BCUT2D eigenvalue weighted by atomic mass is 9.86. The zero-order valence-corrected chi connectivity index (χ0v) is 56.3. The Morgan fingerprint density at radius 2 is 0.805 bits per heavy atom. The number of thiophene rings is 2. The smallest absolute Gasteiger partial charge is 0.399 e. The first-order valence-corrected chi connectivity index (χ1v) is 35.3. The van der Waals surface area contributed by atoms with Crippen LogP contribution in [0.4, 0.5) is 0 Å². The Hall–Kier alpha value is -2.95. The molecule has 2 fully saturated rings. The molecule has 452 valence electrons. The normalized spacial score (nSPS) is 18.9. The average molecular weight is 1200 g/mol. The number of fused-ring (bicyclic) bond motifs is 1. The molecule has 4 aliphatic rings. The highest BCUT2D eigenvalue weighted by Crippen LogP contribution is 2.50. The SMILES string of the molecule is CC1(C)OB(c2ccc(B3OC(C)(C)C(C)(C)O3)s2)OC1(C)C.CCCCCCCCC(CCCCCC)CN1C(=O)C2=C(c3ncc(-c4ccc(C)s4)s3)N(CC(CCCCCC)CCCCCCCC)C(=O)C2=C1c1ncc(C)s1. The molecule has 2 unspecified atom stereocenters. The van der Waals surface area contributed by atoms with Crippen molar-refractivity contribution in [3.63, 3.8) is 0 Å².